The van der Waals surface area contributed by atoms with E-state index in [9.17, 15) is 0 Å². The lowest BCUT2D eigenvalue weighted by Gasteiger charge is -2.11. The molecule has 0 saturated heterocycles. The van der Waals surface area contributed by atoms with Crippen LogP contribution in [0.2, 0.25) is 0 Å². The molecule has 2 N–H and O–H groups in total. The van der Waals surface area contributed by atoms with Gasteiger partial charge in [-0.15, -0.1) is 0 Å². The molecule has 0 aliphatic carbocycles. The molecule has 2 aromatic rings. The summed E-state index contributed by atoms with van der Waals surface area (Å²) >= 11 is 0. The van der Waals surface area contributed by atoms with Crippen LogP contribution in [0.1, 0.15) is 5.56 Å². The van der Waals surface area contributed by atoms with Gasteiger partial charge in [-0.2, -0.15) is 0 Å². The van der Waals surface area contributed by atoms with E-state index in [0.717, 1.165) is 28.5 Å². The van der Waals surface area contributed by atoms with Crippen LogP contribution in [0.4, 0.5) is 0 Å². The van der Waals surface area contributed by atoms with E-state index in [1.807, 2.05) is 24.5 Å². The summed E-state index contributed by atoms with van der Waals surface area (Å²) in [5, 5.41) is 2.15. The van der Waals surface area contributed by atoms with Gasteiger partial charge in [-0.25, -0.2) is 0 Å². The largest absolute Gasteiger partial charge is 0.493 e. The fourth-order valence-corrected chi connectivity index (χ4v) is 1.91. The van der Waals surface area contributed by atoms with Crippen molar-refractivity contribution in [2.45, 2.75) is 6.42 Å². The van der Waals surface area contributed by atoms with Gasteiger partial charge in [0.2, 0.25) is 0 Å². The standard InChI is InChI=1S/C13H16N2O2/c1-16-12-5-10-8-15-7-9(3-4-14)11(10)6-13(12)17-2/h5-8H,3-4,14H2,1-2H3. The number of nitrogens with zero attached hydrogens (tertiary/aromatic N) is 1. The molecule has 2 rings (SSSR count). The van der Waals surface area contributed by atoms with E-state index in [-0.39, 0.29) is 0 Å². The molecule has 0 spiro atoms. The van der Waals surface area contributed by atoms with Gasteiger partial charge >= 0.3 is 0 Å². The van der Waals surface area contributed by atoms with Gasteiger partial charge < -0.3 is 15.2 Å². The molecule has 4 nitrogen and oxygen atoms in total. The van der Waals surface area contributed by atoms with Crippen molar-refractivity contribution in [1.29, 1.82) is 0 Å². The highest BCUT2D eigenvalue weighted by molar-refractivity contribution is 5.88. The van der Waals surface area contributed by atoms with E-state index in [1.54, 1.807) is 14.2 Å². The van der Waals surface area contributed by atoms with E-state index in [1.165, 1.54) is 0 Å². The maximum atomic E-state index is 5.59. The molecule has 0 aliphatic rings. The normalized spacial score (nSPS) is 10.5. The molecular weight excluding hydrogens is 216 g/mol. The summed E-state index contributed by atoms with van der Waals surface area (Å²) in [4.78, 5) is 4.21. The number of nitrogens with two attached hydrogens (primary N) is 1. The number of benzene rings is 1. The molecule has 0 aliphatic heterocycles. The minimum Gasteiger partial charge on any atom is -0.493 e. The molecule has 4 heteroatoms. The minimum absolute atomic E-state index is 0.606. The second-order valence-electron chi connectivity index (χ2n) is 3.77. The van der Waals surface area contributed by atoms with Crippen molar-refractivity contribution >= 4 is 10.8 Å². The quantitative estimate of drug-likeness (QED) is 0.872. The monoisotopic (exact) mass is 232 g/mol. The van der Waals surface area contributed by atoms with Crippen molar-refractivity contribution in [1.82, 2.24) is 4.98 Å². The SMILES string of the molecule is COc1cc2cncc(CCN)c2cc1OC. The Kier molecular flexibility index (Phi) is 3.44. The van der Waals surface area contributed by atoms with Crippen molar-refractivity contribution in [3.8, 4) is 11.5 Å². The molecule has 0 saturated carbocycles. The summed E-state index contributed by atoms with van der Waals surface area (Å²) < 4.78 is 10.6. The number of ether oxygens (including phenoxy) is 2. The number of rotatable bonds is 4. The molecule has 0 radical (unpaired) electrons. The molecule has 0 unspecified atom stereocenters. The maximum absolute atomic E-state index is 5.59. The predicted octanol–water partition coefficient (Wildman–Crippen LogP) is 1.75. The van der Waals surface area contributed by atoms with E-state index >= 15 is 0 Å². The van der Waals surface area contributed by atoms with Crippen LogP contribution in [0, 0.1) is 0 Å². The van der Waals surface area contributed by atoms with Crippen molar-refractivity contribution in [3.05, 3.63) is 30.1 Å². The zero-order chi connectivity index (χ0) is 12.3. The minimum atomic E-state index is 0.606. The van der Waals surface area contributed by atoms with Crippen molar-refractivity contribution in [3.63, 3.8) is 0 Å². The summed E-state index contributed by atoms with van der Waals surface area (Å²) in [5.74, 6) is 1.44. The smallest absolute Gasteiger partial charge is 0.161 e. The lowest BCUT2D eigenvalue weighted by Crippen LogP contribution is -2.03. The lowest BCUT2D eigenvalue weighted by molar-refractivity contribution is 0.356. The topological polar surface area (TPSA) is 57.4 Å². The first-order chi connectivity index (χ1) is 8.30. The average Bonchev–Trinajstić information content (AvgIpc) is 2.38. The van der Waals surface area contributed by atoms with E-state index in [4.69, 9.17) is 15.2 Å². The van der Waals surface area contributed by atoms with Gasteiger partial charge in [-0.05, 0) is 36.0 Å². The Hall–Kier alpha value is -1.81. The summed E-state index contributed by atoms with van der Waals surface area (Å²) in [5.41, 5.74) is 6.72. The van der Waals surface area contributed by atoms with Crippen LogP contribution in [-0.2, 0) is 6.42 Å². The van der Waals surface area contributed by atoms with Crippen molar-refractivity contribution in [2.75, 3.05) is 20.8 Å². The van der Waals surface area contributed by atoms with Gasteiger partial charge in [-0.3, -0.25) is 4.98 Å². The maximum Gasteiger partial charge on any atom is 0.161 e. The van der Waals surface area contributed by atoms with Crippen LogP contribution in [-0.4, -0.2) is 25.7 Å². The zero-order valence-corrected chi connectivity index (χ0v) is 10.1. The second-order valence-corrected chi connectivity index (χ2v) is 3.77. The second kappa shape index (κ2) is 5.01. The van der Waals surface area contributed by atoms with Gasteiger partial charge in [0.25, 0.3) is 0 Å². The molecule has 0 amide bonds. The number of aromatic nitrogens is 1. The first kappa shape index (κ1) is 11.7. The molecule has 17 heavy (non-hydrogen) atoms. The predicted molar refractivity (Wildman–Crippen MR) is 67.6 cm³/mol. The first-order valence-electron chi connectivity index (χ1n) is 5.48. The molecule has 0 atom stereocenters. The third-order valence-corrected chi connectivity index (χ3v) is 2.76. The van der Waals surface area contributed by atoms with Gasteiger partial charge in [0.05, 0.1) is 14.2 Å². The number of methoxy groups -OCH3 is 2. The Bertz CT molecular complexity index is 526. The molecule has 0 bridgehead atoms. The summed E-state index contributed by atoms with van der Waals surface area (Å²) in [7, 11) is 3.26. The highest BCUT2D eigenvalue weighted by Crippen LogP contribution is 2.33. The van der Waals surface area contributed by atoms with E-state index < -0.39 is 0 Å². The molecule has 1 heterocycles. The van der Waals surface area contributed by atoms with Gasteiger partial charge in [-0.1, -0.05) is 0 Å². The number of hydrogen-bond acceptors (Lipinski definition) is 4. The Balaban J connectivity index is 2.64. The summed E-state index contributed by atoms with van der Waals surface area (Å²) in [6.45, 7) is 0.606. The van der Waals surface area contributed by atoms with Gasteiger partial charge in [0, 0.05) is 17.8 Å². The molecule has 1 aromatic heterocycles. The van der Waals surface area contributed by atoms with Crippen LogP contribution < -0.4 is 15.2 Å². The van der Waals surface area contributed by atoms with Crippen LogP contribution in [0.5, 0.6) is 11.5 Å². The molecule has 1 aromatic carbocycles. The van der Waals surface area contributed by atoms with Crippen LogP contribution in [0.3, 0.4) is 0 Å². The Morgan fingerprint density at radius 3 is 2.47 bits per heavy atom. The van der Waals surface area contributed by atoms with Crippen molar-refractivity contribution in [2.24, 2.45) is 5.73 Å². The highest BCUT2D eigenvalue weighted by atomic mass is 16.5. The van der Waals surface area contributed by atoms with Crippen molar-refractivity contribution < 1.29 is 9.47 Å². The third-order valence-electron chi connectivity index (χ3n) is 2.76. The third kappa shape index (κ3) is 2.17. The Morgan fingerprint density at radius 1 is 1.12 bits per heavy atom. The summed E-state index contributed by atoms with van der Waals surface area (Å²) in [6.07, 6.45) is 4.47. The number of fused-ring (bicyclic) bond motifs is 1. The van der Waals surface area contributed by atoms with Crippen LogP contribution in [0.15, 0.2) is 24.5 Å². The van der Waals surface area contributed by atoms with E-state index in [0.29, 0.717) is 12.3 Å². The zero-order valence-electron chi connectivity index (χ0n) is 10.1. The molecular formula is C13H16N2O2. The highest BCUT2D eigenvalue weighted by Gasteiger charge is 2.08. The average molecular weight is 232 g/mol. The Morgan fingerprint density at radius 2 is 1.82 bits per heavy atom. The van der Waals surface area contributed by atoms with Gasteiger partial charge in [0.15, 0.2) is 11.5 Å². The number of pyridine rings is 1. The molecule has 90 valence electrons. The van der Waals surface area contributed by atoms with Gasteiger partial charge in [0.1, 0.15) is 0 Å². The summed E-state index contributed by atoms with van der Waals surface area (Å²) in [6, 6.07) is 3.90. The van der Waals surface area contributed by atoms with Crippen LogP contribution in [0.25, 0.3) is 10.8 Å². The lowest BCUT2D eigenvalue weighted by atomic mass is 10.0. The molecule has 0 fully saturated rings. The first-order valence-corrected chi connectivity index (χ1v) is 5.48. The van der Waals surface area contributed by atoms with E-state index in [2.05, 4.69) is 4.98 Å². The fraction of sp³-hybridized carbons (Fsp3) is 0.308. The van der Waals surface area contributed by atoms with Crippen LogP contribution >= 0.6 is 0 Å². The Labute approximate surface area is 100 Å². The number of hydrogen-bond donors (Lipinski definition) is 1. The fourth-order valence-electron chi connectivity index (χ4n) is 1.91.